The van der Waals surface area contributed by atoms with Gasteiger partial charge in [-0.25, -0.2) is 4.39 Å². The molecule has 0 aromatic heterocycles. The third-order valence-corrected chi connectivity index (χ3v) is 2.23. The van der Waals surface area contributed by atoms with Crippen molar-refractivity contribution in [2.45, 2.75) is 6.42 Å². The number of fused-ring (bicyclic) bond motifs is 1. The lowest BCUT2D eigenvalue weighted by Crippen LogP contribution is -2.05. The van der Waals surface area contributed by atoms with Crippen LogP contribution in [0.5, 0.6) is 5.75 Å². The summed E-state index contributed by atoms with van der Waals surface area (Å²) in [4.78, 5) is 22.2. The second-order valence-electron chi connectivity index (χ2n) is 3.07. The van der Waals surface area contributed by atoms with Crippen LogP contribution in [0.15, 0.2) is 12.1 Å². The van der Waals surface area contributed by atoms with Gasteiger partial charge < -0.3 is 4.74 Å². The van der Waals surface area contributed by atoms with Crippen molar-refractivity contribution in [3.8, 4) is 5.75 Å². The van der Waals surface area contributed by atoms with Crippen molar-refractivity contribution in [1.82, 2.24) is 0 Å². The van der Waals surface area contributed by atoms with E-state index >= 15 is 0 Å². The van der Waals surface area contributed by atoms with Gasteiger partial charge >= 0.3 is 0 Å². The number of methoxy groups -OCH3 is 1. The van der Waals surface area contributed by atoms with Gasteiger partial charge in [0.15, 0.2) is 11.6 Å². The fourth-order valence-corrected chi connectivity index (χ4v) is 1.51. The molecule has 0 radical (unpaired) electrons. The smallest absolute Gasteiger partial charge is 0.229 e. The summed E-state index contributed by atoms with van der Waals surface area (Å²) in [6, 6.07) is 2.45. The Morgan fingerprint density at radius 2 is 2.07 bits per heavy atom. The number of ketones is 2. The van der Waals surface area contributed by atoms with E-state index in [1.165, 1.54) is 13.2 Å². The number of halogens is 1. The van der Waals surface area contributed by atoms with Gasteiger partial charge in [-0.1, -0.05) is 0 Å². The molecule has 72 valence electrons. The third kappa shape index (κ3) is 1.11. The predicted octanol–water partition coefficient (Wildman–Crippen LogP) is 1.14. The maximum atomic E-state index is 13.2. The number of hydrogen-bond donors (Lipinski definition) is 0. The van der Waals surface area contributed by atoms with Gasteiger partial charge in [0.2, 0.25) is 11.6 Å². The van der Waals surface area contributed by atoms with Crippen molar-refractivity contribution >= 4 is 11.6 Å². The minimum absolute atomic E-state index is 0.0464. The summed E-state index contributed by atoms with van der Waals surface area (Å²) in [6.07, 6.45) is 0.0464. The van der Waals surface area contributed by atoms with Gasteiger partial charge in [0.1, 0.15) is 0 Å². The van der Waals surface area contributed by atoms with Gasteiger partial charge in [0, 0.05) is 12.0 Å². The maximum Gasteiger partial charge on any atom is 0.229 e. The first-order chi connectivity index (χ1) is 6.63. The highest BCUT2D eigenvalue weighted by Crippen LogP contribution is 2.27. The Labute approximate surface area is 79.5 Å². The predicted molar refractivity (Wildman–Crippen MR) is 46.0 cm³/mol. The normalized spacial score (nSPS) is 14.4. The van der Waals surface area contributed by atoms with Gasteiger partial charge in [-0.2, -0.15) is 0 Å². The Bertz CT molecular complexity index is 437. The van der Waals surface area contributed by atoms with Crippen molar-refractivity contribution in [3.63, 3.8) is 0 Å². The topological polar surface area (TPSA) is 43.4 Å². The van der Waals surface area contributed by atoms with Crippen LogP contribution in [-0.4, -0.2) is 18.7 Å². The number of Topliss-reactive ketones (excluding diaryl/α,β-unsaturated/α-hetero) is 2. The van der Waals surface area contributed by atoms with E-state index in [1.54, 1.807) is 0 Å². The molecule has 0 N–H and O–H groups in total. The molecule has 0 aliphatic heterocycles. The average molecular weight is 194 g/mol. The Kier molecular flexibility index (Phi) is 1.84. The molecule has 14 heavy (non-hydrogen) atoms. The Hall–Kier alpha value is -1.71. The quantitative estimate of drug-likeness (QED) is 0.629. The molecule has 0 fully saturated rings. The molecule has 0 saturated carbocycles. The number of carbonyl (C=O) groups excluding carboxylic acids is 2. The molecule has 0 heterocycles. The van der Waals surface area contributed by atoms with Crippen molar-refractivity contribution in [2.24, 2.45) is 0 Å². The van der Waals surface area contributed by atoms with E-state index < -0.39 is 17.4 Å². The van der Waals surface area contributed by atoms with Crippen LogP contribution in [0.3, 0.4) is 0 Å². The summed E-state index contributed by atoms with van der Waals surface area (Å²) in [5, 5.41) is 0. The fourth-order valence-electron chi connectivity index (χ4n) is 1.51. The highest BCUT2D eigenvalue weighted by Gasteiger charge is 2.29. The van der Waals surface area contributed by atoms with Gasteiger partial charge in [0.05, 0.1) is 7.11 Å². The highest BCUT2D eigenvalue weighted by molar-refractivity contribution is 6.47. The van der Waals surface area contributed by atoms with Crippen LogP contribution >= 0.6 is 0 Å². The van der Waals surface area contributed by atoms with Gasteiger partial charge in [-0.05, 0) is 17.7 Å². The third-order valence-electron chi connectivity index (χ3n) is 2.23. The minimum atomic E-state index is -0.616. The molecule has 1 aromatic carbocycles. The minimum Gasteiger partial charge on any atom is -0.494 e. The van der Waals surface area contributed by atoms with E-state index in [4.69, 9.17) is 4.74 Å². The maximum absolute atomic E-state index is 13.2. The largest absolute Gasteiger partial charge is 0.494 e. The van der Waals surface area contributed by atoms with Crippen molar-refractivity contribution in [3.05, 3.63) is 29.1 Å². The first-order valence-corrected chi connectivity index (χ1v) is 4.07. The van der Waals surface area contributed by atoms with E-state index in [1.807, 2.05) is 0 Å². The molecule has 0 bridgehead atoms. The summed E-state index contributed by atoms with van der Waals surface area (Å²) in [5.74, 6) is -1.66. The van der Waals surface area contributed by atoms with Crippen LogP contribution in [0.4, 0.5) is 4.39 Å². The molecule has 1 aliphatic carbocycles. The Balaban J connectivity index is 2.60. The number of rotatable bonds is 1. The van der Waals surface area contributed by atoms with E-state index in [-0.39, 0.29) is 17.7 Å². The molecule has 0 unspecified atom stereocenters. The van der Waals surface area contributed by atoms with Crippen molar-refractivity contribution in [2.75, 3.05) is 7.11 Å². The lowest BCUT2D eigenvalue weighted by atomic mass is 10.1. The zero-order valence-corrected chi connectivity index (χ0v) is 7.46. The van der Waals surface area contributed by atoms with E-state index in [0.29, 0.717) is 5.56 Å². The van der Waals surface area contributed by atoms with Crippen molar-refractivity contribution < 1.29 is 18.7 Å². The summed E-state index contributed by atoms with van der Waals surface area (Å²) in [7, 11) is 1.34. The van der Waals surface area contributed by atoms with Crippen LogP contribution in [0.2, 0.25) is 0 Å². The SMILES string of the molecule is COc1cc2c(cc1F)C(=O)C(=O)C2. The second-order valence-corrected chi connectivity index (χ2v) is 3.07. The number of hydrogen-bond acceptors (Lipinski definition) is 3. The number of ether oxygens (including phenoxy) is 1. The van der Waals surface area contributed by atoms with Crippen LogP contribution in [-0.2, 0) is 11.2 Å². The van der Waals surface area contributed by atoms with Crippen LogP contribution in [0.25, 0.3) is 0 Å². The summed E-state index contributed by atoms with van der Waals surface area (Å²) >= 11 is 0. The zero-order valence-electron chi connectivity index (χ0n) is 7.46. The molecule has 3 nitrogen and oxygen atoms in total. The molecule has 0 atom stereocenters. The molecule has 2 rings (SSSR count). The van der Waals surface area contributed by atoms with Crippen LogP contribution in [0, 0.1) is 5.82 Å². The number of carbonyl (C=O) groups is 2. The van der Waals surface area contributed by atoms with Crippen LogP contribution in [0.1, 0.15) is 15.9 Å². The molecule has 0 saturated heterocycles. The van der Waals surface area contributed by atoms with E-state index in [2.05, 4.69) is 0 Å². The van der Waals surface area contributed by atoms with E-state index in [0.717, 1.165) is 6.07 Å². The summed E-state index contributed by atoms with van der Waals surface area (Å²) in [5.41, 5.74) is 0.701. The lowest BCUT2D eigenvalue weighted by Gasteiger charge is -2.03. The van der Waals surface area contributed by atoms with Gasteiger partial charge in [-0.15, -0.1) is 0 Å². The van der Waals surface area contributed by atoms with Crippen LogP contribution < -0.4 is 4.74 Å². The number of benzene rings is 1. The fraction of sp³-hybridized carbons (Fsp3) is 0.200. The van der Waals surface area contributed by atoms with E-state index in [9.17, 15) is 14.0 Å². The highest BCUT2D eigenvalue weighted by atomic mass is 19.1. The zero-order chi connectivity index (χ0) is 10.3. The standard InChI is InChI=1S/C10H7FO3/c1-14-9-3-5-2-8(12)10(13)6(5)4-7(9)11/h3-4H,2H2,1H3. The summed E-state index contributed by atoms with van der Waals surface area (Å²) in [6.45, 7) is 0. The molecule has 4 heteroatoms. The molecule has 0 amide bonds. The monoisotopic (exact) mass is 194 g/mol. The van der Waals surface area contributed by atoms with Crippen molar-refractivity contribution in [1.29, 1.82) is 0 Å². The van der Waals surface area contributed by atoms with Gasteiger partial charge in [-0.3, -0.25) is 9.59 Å². The van der Waals surface area contributed by atoms with Gasteiger partial charge in [0.25, 0.3) is 0 Å². The molecule has 0 spiro atoms. The Morgan fingerprint density at radius 3 is 2.71 bits per heavy atom. The average Bonchev–Trinajstić information content (AvgIpc) is 2.43. The lowest BCUT2D eigenvalue weighted by molar-refractivity contribution is -0.114. The molecule has 1 aliphatic rings. The first kappa shape index (κ1) is 8.87. The second kappa shape index (κ2) is 2.90. The summed E-state index contributed by atoms with van der Waals surface area (Å²) < 4.78 is 17.9. The Morgan fingerprint density at radius 1 is 1.36 bits per heavy atom. The first-order valence-electron chi connectivity index (χ1n) is 4.07. The molecular formula is C10H7FO3. The molecule has 1 aromatic rings. The molecular weight excluding hydrogens is 187 g/mol.